The van der Waals surface area contributed by atoms with Crippen LogP contribution in [0.25, 0.3) is 6.08 Å². The summed E-state index contributed by atoms with van der Waals surface area (Å²) < 4.78 is 30.9. The Morgan fingerprint density at radius 2 is 2.08 bits per heavy atom. The van der Waals surface area contributed by atoms with E-state index in [4.69, 9.17) is 4.74 Å². The minimum atomic E-state index is -3.16. The van der Waals surface area contributed by atoms with Gasteiger partial charge in [-0.15, -0.1) is 0 Å². The number of nitrogens with zero attached hydrogens (tertiary/aromatic N) is 1. The van der Waals surface area contributed by atoms with E-state index in [1.54, 1.807) is 18.2 Å². The summed E-state index contributed by atoms with van der Waals surface area (Å²) in [6.45, 7) is 3.24. The van der Waals surface area contributed by atoms with Crippen LogP contribution in [0.4, 0.5) is 5.69 Å². The fourth-order valence-corrected chi connectivity index (χ4v) is 4.78. The van der Waals surface area contributed by atoms with Crippen molar-refractivity contribution in [3.63, 3.8) is 0 Å². The van der Waals surface area contributed by atoms with Crippen LogP contribution in [0.15, 0.2) is 30.3 Å². The van der Waals surface area contributed by atoms with Gasteiger partial charge in [0.1, 0.15) is 0 Å². The number of amides is 1. The van der Waals surface area contributed by atoms with Crippen molar-refractivity contribution in [3.05, 3.63) is 35.9 Å². The van der Waals surface area contributed by atoms with E-state index in [-0.39, 0.29) is 23.8 Å². The van der Waals surface area contributed by atoms with Gasteiger partial charge in [0, 0.05) is 19.2 Å². The standard InChI is InChI=1S/C18H24N2O4S/c1-14(17-4-2-12-24-17)19-18(21)10-7-15-5-8-16(9-6-15)20-11-3-13-25(20,22)23/h5-10,14,17H,2-4,11-13H2,1H3,(H,19,21)/b10-7+. The number of sulfonamides is 1. The predicted octanol–water partition coefficient (Wildman–Crippen LogP) is 1.92. The first-order valence-electron chi connectivity index (χ1n) is 8.66. The maximum atomic E-state index is 12.0. The van der Waals surface area contributed by atoms with Crippen LogP contribution < -0.4 is 9.62 Å². The van der Waals surface area contributed by atoms with Crippen molar-refractivity contribution in [2.45, 2.75) is 38.3 Å². The summed E-state index contributed by atoms with van der Waals surface area (Å²) >= 11 is 0. The van der Waals surface area contributed by atoms with Gasteiger partial charge < -0.3 is 10.1 Å². The van der Waals surface area contributed by atoms with Gasteiger partial charge in [0.15, 0.2) is 0 Å². The van der Waals surface area contributed by atoms with Crippen molar-refractivity contribution in [3.8, 4) is 0 Å². The van der Waals surface area contributed by atoms with E-state index >= 15 is 0 Å². The molecule has 7 heteroatoms. The molecule has 1 aromatic rings. The highest BCUT2D eigenvalue weighted by molar-refractivity contribution is 7.93. The highest BCUT2D eigenvalue weighted by Crippen LogP contribution is 2.24. The Labute approximate surface area is 148 Å². The van der Waals surface area contributed by atoms with Crippen LogP contribution in [0, 0.1) is 0 Å². The van der Waals surface area contributed by atoms with Gasteiger partial charge in [-0.2, -0.15) is 0 Å². The molecule has 1 amide bonds. The molecule has 0 saturated carbocycles. The van der Waals surface area contributed by atoms with Crippen molar-refractivity contribution in [2.75, 3.05) is 23.2 Å². The van der Waals surface area contributed by atoms with Crippen LogP contribution in [-0.2, 0) is 19.6 Å². The number of nitrogens with one attached hydrogen (secondary N) is 1. The molecule has 2 unspecified atom stereocenters. The van der Waals surface area contributed by atoms with Crippen LogP contribution in [0.5, 0.6) is 0 Å². The van der Waals surface area contributed by atoms with Crippen LogP contribution in [-0.4, -0.2) is 45.4 Å². The Bertz CT molecular complexity index is 737. The molecule has 3 rings (SSSR count). The number of ether oxygens (including phenoxy) is 1. The van der Waals surface area contributed by atoms with Gasteiger partial charge in [-0.1, -0.05) is 12.1 Å². The number of carbonyl (C=O) groups is 1. The molecule has 0 radical (unpaired) electrons. The van der Waals surface area contributed by atoms with Crippen LogP contribution in [0.3, 0.4) is 0 Å². The number of hydrogen-bond donors (Lipinski definition) is 1. The lowest BCUT2D eigenvalue weighted by Gasteiger charge is -2.19. The second kappa shape index (κ2) is 7.58. The zero-order valence-electron chi connectivity index (χ0n) is 14.3. The third-order valence-electron chi connectivity index (χ3n) is 4.60. The molecule has 2 aliphatic rings. The lowest BCUT2D eigenvalue weighted by atomic mass is 10.1. The first-order valence-corrected chi connectivity index (χ1v) is 10.3. The molecule has 2 atom stereocenters. The Morgan fingerprint density at radius 1 is 1.32 bits per heavy atom. The normalized spacial score (nSPS) is 23.9. The van der Waals surface area contributed by atoms with Crippen molar-refractivity contribution in [1.29, 1.82) is 0 Å². The summed E-state index contributed by atoms with van der Waals surface area (Å²) in [7, 11) is -3.16. The molecule has 6 nitrogen and oxygen atoms in total. The molecule has 0 aromatic heterocycles. The van der Waals surface area contributed by atoms with Gasteiger partial charge in [-0.05, 0) is 50.0 Å². The number of hydrogen-bond acceptors (Lipinski definition) is 4. The molecule has 0 bridgehead atoms. The Balaban J connectivity index is 1.57. The first kappa shape index (κ1) is 17.9. The second-order valence-electron chi connectivity index (χ2n) is 6.52. The lowest BCUT2D eigenvalue weighted by Crippen LogP contribution is -2.40. The number of rotatable bonds is 5. The van der Waals surface area contributed by atoms with Gasteiger partial charge in [-0.3, -0.25) is 9.10 Å². The third-order valence-corrected chi connectivity index (χ3v) is 6.47. The quantitative estimate of drug-likeness (QED) is 0.810. The Hall–Kier alpha value is -1.86. The molecule has 1 aromatic carbocycles. The molecule has 2 heterocycles. The molecule has 0 aliphatic carbocycles. The molecule has 1 N–H and O–H groups in total. The monoisotopic (exact) mass is 364 g/mol. The highest BCUT2D eigenvalue weighted by atomic mass is 32.2. The summed E-state index contributed by atoms with van der Waals surface area (Å²) in [6, 6.07) is 7.17. The van der Waals surface area contributed by atoms with Crippen molar-refractivity contribution < 1.29 is 17.9 Å². The third kappa shape index (κ3) is 4.41. The van der Waals surface area contributed by atoms with Crippen molar-refractivity contribution in [1.82, 2.24) is 5.32 Å². The van der Waals surface area contributed by atoms with E-state index in [0.717, 1.165) is 25.0 Å². The number of anilines is 1. The molecule has 0 spiro atoms. The summed E-state index contributed by atoms with van der Waals surface area (Å²) in [5, 5.41) is 2.92. The Morgan fingerprint density at radius 3 is 2.68 bits per heavy atom. The first-order chi connectivity index (χ1) is 12.0. The van der Waals surface area contributed by atoms with E-state index in [0.29, 0.717) is 18.7 Å². The van der Waals surface area contributed by atoms with Gasteiger partial charge in [0.05, 0.1) is 23.6 Å². The molecule has 2 saturated heterocycles. The fraction of sp³-hybridized carbons (Fsp3) is 0.500. The van der Waals surface area contributed by atoms with Gasteiger partial charge in [0.2, 0.25) is 15.9 Å². The van der Waals surface area contributed by atoms with Gasteiger partial charge >= 0.3 is 0 Å². The maximum absolute atomic E-state index is 12.0. The van der Waals surface area contributed by atoms with Crippen LogP contribution >= 0.6 is 0 Å². The van der Waals surface area contributed by atoms with E-state index in [1.807, 2.05) is 19.1 Å². The Kier molecular flexibility index (Phi) is 5.44. The molecular weight excluding hydrogens is 340 g/mol. The molecule has 136 valence electrons. The zero-order chi connectivity index (χ0) is 17.9. The average Bonchev–Trinajstić information content (AvgIpc) is 3.23. The molecule has 2 fully saturated rings. The summed E-state index contributed by atoms with van der Waals surface area (Å²) in [5.74, 6) is 0.0479. The topological polar surface area (TPSA) is 75.7 Å². The number of carbonyl (C=O) groups excluding carboxylic acids is 1. The minimum absolute atomic E-state index is 0.0117. The largest absolute Gasteiger partial charge is 0.376 e. The summed E-state index contributed by atoms with van der Waals surface area (Å²) in [6.07, 6.45) is 5.99. The summed E-state index contributed by atoms with van der Waals surface area (Å²) in [4.78, 5) is 12.0. The van der Waals surface area contributed by atoms with E-state index in [2.05, 4.69) is 5.32 Å². The smallest absolute Gasteiger partial charge is 0.244 e. The second-order valence-corrected chi connectivity index (χ2v) is 8.53. The summed E-state index contributed by atoms with van der Waals surface area (Å²) in [5.41, 5.74) is 1.52. The van der Waals surface area contributed by atoms with Gasteiger partial charge in [-0.25, -0.2) is 8.42 Å². The lowest BCUT2D eigenvalue weighted by molar-refractivity contribution is -0.117. The minimum Gasteiger partial charge on any atom is -0.376 e. The van der Waals surface area contributed by atoms with E-state index in [1.165, 1.54) is 10.4 Å². The average molecular weight is 364 g/mol. The molecule has 25 heavy (non-hydrogen) atoms. The van der Waals surface area contributed by atoms with E-state index in [9.17, 15) is 13.2 Å². The van der Waals surface area contributed by atoms with Crippen LogP contribution in [0.2, 0.25) is 0 Å². The zero-order valence-corrected chi connectivity index (χ0v) is 15.2. The van der Waals surface area contributed by atoms with Crippen molar-refractivity contribution in [2.24, 2.45) is 0 Å². The van der Waals surface area contributed by atoms with Crippen LogP contribution in [0.1, 0.15) is 31.7 Å². The molecule has 2 aliphatic heterocycles. The number of benzene rings is 1. The molecular formula is C18H24N2O4S. The SMILES string of the molecule is CC(NC(=O)/C=C/c1ccc(N2CCCS2(=O)=O)cc1)C1CCCO1. The van der Waals surface area contributed by atoms with Crippen molar-refractivity contribution >= 4 is 27.7 Å². The fourth-order valence-electron chi connectivity index (χ4n) is 3.22. The predicted molar refractivity (Wildman–Crippen MR) is 97.8 cm³/mol. The van der Waals surface area contributed by atoms with Gasteiger partial charge in [0.25, 0.3) is 0 Å². The van der Waals surface area contributed by atoms with E-state index < -0.39 is 10.0 Å². The maximum Gasteiger partial charge on any atom is 0.244 e. The highest BCUT2D eigenvalue weighted by Gasteiger charge is 2.28.